The lowest BCUT2D eigenvalue weighted by Crippen LogP contribution is -2.02. The molecule has 0 saturated carbocycles. The van der Waals surface area contributed by atoms with Crippen LogP contribution in [0.1, 0.15) is 11.1 Å². The third-order valence-corrected chi connectivity index (χ3v) is 7.38. The molecule has 0 saturated heterocycles. The van der Waals surface area contributed by atoms with E-state index in [0.29, 0.717) is 11.2 Å². The summed E-state index contributed by atoms with van der Waals surface area (Å²) in [5, 5.41) is 3.61. The van der Waals surface area contributed by atoms with Crippen molar-refractivity contribution in [3.05, 3.63) is 83.9 Å². The van der Waals surface area contributed by atoms with Crippen molar-refractivity contribution in [3.63, 3.8) is 0 Å². The van der Waals surface area contributed by atoms with Crippen LogP contribution in [0.5, 0.6) is 0 Å². The minimum atomic E-state index is -1.37. The van der Waals surface area contributed by atoms with E-state index in [2.05, 4.69) is 12.1 Å². The molecule has 0 amide bonds. The van der Waals surface area contributed by atoms with E-state index in [4.69, 9.17) is 17.2 Å². The van der Waals surface area contributed by atoms with E-state index in [1.807, 2.05) is 93.3 Å². The summed E-state index contributed by atoms with van der Waals surface area (Å²) in [5.74, 6) is 0. The number of nitrogens with zero attached hydrogens (tertiary/aromatic N) is 1. The molecule has 0 bridgehead atoms. The second kappa shape index (κ2) is 7.98. The first-order valence-electron chi connectivity index (χ1n) is 11.2. The van der Waals surface area contributed by atoms with Gasteiger partial charge in [0.2, 0.25) is 0 Å². The number of fused-ring (bicyclic) bond motifs is 3. The van der Waals surface area contributed by atoms with Gasteiger partial charge in [-0.2, -0.15) is 0 Å². The molecular formula is C28H24NO4P. The molecule has 2 aromatic heterocycles. The average molecular weight is 469 g/mol. The highest BCUT2D eigenvalue weighted by molar-refractivity contribution is 7.38. The molecule has 6 aromatic rings. The molecular weight excluding hydrogens is 445 g/mol. The first-order valence-corrected chi connectivity index (χ1v) is 12.3. The topological polar surface area (TPSA) is 55.8 Å². The second-order valence-corrected chi connectivity index (χ2v) is 10.3. The van der Waals surface area contributed by atoms with Crippen LogP contribution in [-0.4, -0.2) is 14.1 Å². The van der Waals surface area contributed by atoms with Crippen LogP contribution in [0.2, 0.25) is 0 Å². The molecule has 5 nitrogen and oxygen atoms in total. The van der Waals surface area contributed by atoms with Gasteiger partial charge >= 0.3 is 8.16 Å². The van der Waals surface area contributed by atoms with Gasteiger partial charge < -0.3 is 17.2 Å². The van der Waals surface area contributed by atoms with Crippen LogP contribution in [0, 0.1) is 13.8 Å². The van der Waals surface area contributed by atoms with Crippen LogP contribution < -0.4 is 4.67 Å². The van der Waals surface area contributed by atoms with Gasteiger partial charge in [-0.05, 0) is 49.2 Å². The van der Waals surface area contributed by atoms with E-state index in [1.165, 1.54) is 0 Å². The van der Waals surface area contributed by atoms with Crippen LogP contribution in [0.4, 0.5) is 0 Å². The molecule has 0 N–H and O–H groups in total. The molecule has 0 aliphatic heterocycles. The van der Waals surface area contributed by atoms with Gasteiger partial charge in [-0.25, -0.2) is 4.67 Å². The van der Waals surface area contributed by atoms with Crippen molar-refractivity contribution in [2.75, 3.05) is 18.8 Å². The fourth-order valence-corrected chi connectivity index (χ4v) is 5.49. The van der Waals surface area contributed by atoms with Crippen molar-refractivity contribution in [2.45, 2.75) is 13.8 Å². The van der Waals surface area contributed by atoms with Gasteiger partial charge in [-0.3, -0.25) is 0 Å². The smallest absolute Gasteiger partial charge is 0.309 e. The Bertz CT molecular complexity index is 1690. The van der Waals surface area contributed by atoms with Gasteiger partial charge in [0.1, 0.15) is 33.5 Å². The Morgan fingerprint density at radius 3 is 1.44 bits per heavy atom. The summed E-state index contributed by atoms with van der Waals surface area (Å²) in [4.78, 5) is 0. The minimum absolute atomic E-state index is 0.698. The monoisotopic (exact) mass is 469 g/mol. The second-order valence-electron chi connectivity index (χ2n) is 8.63. The van der Waals surface area contributed by atoms with Crippen LogP contribution in [0.15, 0.2) is 90.0 Å². The predicted octanol–water partition coefficient (Wildman–Crippen LogP) is 8.87. The van der Waals surface area contributed by atoms with Crippen molar-refractivity contribution in [1.82, 2.24) is 0 Å². The number of aryl methyl sites for hydroxylation is 2. The van der Waals surface area contributed by atoms with Crippen molar-refractivity contribution < 1.29 is 17.2 Å². The van der Waals surface area contributed by atoms with Crippen LogP contribution >= 0.6 is 8.16 Å². The normalized spacial score (nSPS) is 11.8. The molecule has 6 heteroatoms. The van der Waals surface area contributed by atoms with Crippen molar-refractivity contribution >= 4 is 63.2 Å². The molecule has 0 unspecified atom stereocenters. The third kappa shape index (κ3) is 3.28. The fraction of sp³-hybridized carbons (Fsp3) is 0.143. The van der Waals surface area contributed by atoms with E-state index in [-0.39, 0.29) is 0 Å². The molecule has 4 aromatic carbocycles. The van der Waals surface area contributed by atoms with Crippen LogP contribution in [0.25, 0.3) is 55.0 Å². The molecule has 34 heavy (non-hydrogen) atoms. The Kier molecular flexibility index (Phi) is 4.91. The highest BCUT2D eigenvalue weighted by Crippen LogP contribution is 2.41. The van der Waals surface area contributed by atoms with E-state index >= 15 is 0 Å². The Balaban J connectivity index is 2.07. The number of rotatable bonds is 1. The van der Waals surface area contributed by atoms with E-state index in [0.717, 1.165) is 55.0 Å². The van der Waals surface area contributed by atoms with Crippen molar-refractivity contribution in [1.29, 1.82) is 0 Å². The van der Waals surface area contributed by atoms with E-state index in [9.17, 15) is 0 Å². The molecule has 0 aliphatic carbocycles. The first kappa shape index (κ1) is 20.9. The Morgan fingerprint density at radius 1 is 0.559 bits per heavy atom. The lowest BCUT2D eigenvalue weighted by atomic mass is 10.0. The summed E-state index contributed by atoms with van der Waals surface area (Å²) in [7, 11) is 2.55. The van der Waals surface area contributed by atoms with Gasteiger partial charge in [0.25, 0.3) is 0 Å². The zero-order valence-electron chi connectivity index (χ0n) is 19.5. The quantitative estimate of drug-likeness (QED) is 0.241. The summed E-state index contributed by atoms with van der Waals surface area (Å²) < 4.78 is 28.3. The van der Waals surface area contributed by atoms with E-state index in [1.54, 1.807) is 0 Å². The zero-order chi connectivity index (χ0) is 23.4. The van der Waals surface area contributed by atoms with Gasteiger partial charge in [0.05, 0.1) is 10.8 Å². The number of benzene rings is 4. The van der Waals surface area contributed by atoms with Crippen molar-refractivity contribution in [2.24, 2.45) is 0 Å². The minimum Gasteiger partial charge on any atom is -0.456 e. The SMILES string of the molecule is Cc1ccc2oc3ccccc3c3ccccc3oc3ccc(C)c4op(N(C)C)oc1c2c34. The van der Waals surface area contributed by atoms with Gasteiger partial charge in [0.15, 0.2) is 0 Å². The lowest BCUT2D eigenvalue weighted by molar-refractivity contribution is 0.630. The molecule has 0 spiro atoms. The number of para-hydroxylation sites is 2. The molecule has 6 rings (SSSR count). The number of hydrogen-bond acceptors (Lipinski definition) is 5. The maximum absolute atomic E-state index is 6.65. The third-order valence-electron chi connectivity index (χ3n) is 6.05. The molecule has 0 aliphatic rings. The van der Waals surface area contributed by atoms with E-state index < -0.39 is 8.16 Å². The summed E-state index contributed by atoms with van der Waals surface area (Å²) in [6, 6.07) is 24.1. The highest BCUT2D eigenvalue weighted by Gasteiger charge is 2.17. The molecule has 170 valence electrons. The standard InChI is InChI=1S/C28H24NO4P/c1-17-13-15-23-25-26-24(16-14-18(2)28(26)33-34(29(3)4)32-27(17)25)31-22-12-8-6-10-20(22)19-9-5-7-11-21(19)30-23/h5-16H,1-4H3. The van der Waals surface area contributed by atoms with Crippen molar-refractivity contribution in [3.8, 4) is 0 Å². The maximum atomic E-state index is 6.65. The molecule has 0 fully saturated rings. The van der Waals surface area contributed by atoms with Gasteiger partial charge in [-0.15, -0.1) is 0 Å². The first-order chi connectivity index (χ1) is 16.5. The van der Waals surface area contributed by atoms with Gasteiger partial charge in [0, 0.05) is 24.9 Å². The van der Waals surface area contributed by atoms with Crippen LogP contribution in [-0.2, 0) is 0 Å². The Labute approximate surface area is 197 Å². The van der Waals surface area contributed by atoms with Crippen LogP contribution in [0.3, 0.4) is 0 Å². The molecule has 0 radical (unpaired) electrons. The van der Waals surface area contributed by atoms with Gasteiger partial charge in [-0.1, -0.05) is 48.5 Å². The maximum Gasteiger partial charge on any atom is 0.309 e. The molecule has 0 atom stereocenters. The summed E-state index contributed by atoms with van der Waals surface area (Å²) >= 11 is 0. The Hall–Kier alpha value is -3.66. The fourth-order valence-electron chi connectivity index (χ4n) is 4.35. The summed E-state index contributed by atoms with van der Waals surface area (Å²) in [6.07, 6.45) is 0. The Morgan fingerprint density at radius 2 is 1.00 bits per heavy atom. The highest BCUT2D eigenvalue weighted by atomic mass is 31.1. The average Bonchev–Trinajstić information content (AvgIpc) is 3.03. The summed E-state index contributed by atoms with van der Waals surface area (Å²) in [5.41, 5.74) is 6.41. The predicted molar refractivity (Wildman–Crippen MR) is 141 cm³/mol. The lowest BCUT2D eigenvalue weighted by Gasteiger charge is -2.06. The number of hydrogen-bond donors (Lipinski definition) is 0. The molecule has 2 heterocycles. The zero-order valence-corrected chi connectivity index (χ0v) is 20.4. The summed E-state index contributed by atoms with van der Waals surface area (Å²) in [6.45, 7) is 4.09. The largest absolute Gasteiger partial charge is 0.456 e.